The number of nitrogens with one attached hydrogen (secondary N) is 3. The number of aromatic nitrogens is 4. The maximum absolute atomic E-state index is 13.3. The van der Waals surface area contributed by atoms with Gasteiger partial charge in [-0.1, -0.05) is 13.3 Å². The normalized spacial score (nSPS) is 15.2. The lowest BCUT2D eigenvalue weighted by Crippen LogP contribution is -2.40. The topological polar surface area (TPSA) is 183 Å². The Morgan fingerprint density at radius 3 is 2.81 bits per heavy atom. The van der Waals surface area contributed by atoms with Gasteiger partial charge in [0.2, 0.25) is 13.4 Å². The molecule has 2 aromatic heterocycles. The van der Waals surface area contributed by atoms with Crippen LogP contribution in [0.1, 0.15) is 33.6 Å². The van der Waals surface area contributed by atoms with E-state index in [1.807, 2.05) is 6.92 Å². The summed E-state index contributed by atoms with van der Waals surface area (Å²) in [4.78, 5) is 45.4. The highest BCUT2D eigenvalue weighted by molar-refractivity contribution is 7.59. The molecule has 3 atom stereocenters. The first-order valence-corrected chi connectivity index (χ1v) is 12.1. The lowest BCUT2D eigenvalue weighted by Gasteiger charge is -2.25. The van der Waals surface area contributed by atoms with Crippen LogP contribution in [0, 0.1) is 0 Å². The highest BCUT2D eigenvalue weighted by Crippen LogP contribution is 2.37. The van der Waals surface area contributed by atoms with E-state index in [4.69, 9.17) is 15.2 Å². The fourth-order valence-corrected chi connectivity index (χ4v) is 4.83. The first kappa shape index (κ1) is 25.7. The number of nitrogen functional groups attached to an aromatic ring is 1. The molecule has 0 radical (unpaired) electrons. The number of aromatic amines is 1. The summed E-state index contributed by atoms with van der Waals surface area (Å²) in [6.07, 6.45) is 3.34. The second-order valence-corrected chi connectivity index (χ2v) is 9.52. The molecule has 2 heterocycles. The third kappa shape index (κ3) is 7.23. The Kier molecular flexibility index (Phi) is 9.51. The van der Waals surface area contributed by atoms with E-state index in [0.717, 1.165) is 12.8 Å². The molecular weight excluding hydrogens is 441 g/mol. The Hall–Kier alpha value is -2.60. The molecule has 0 aromatic carbocycles. The Morgan fingerprint density at radius 1 is 1.38 bits per heavy atom. The van der Waals surface area contributed by atoms with Crippen LogP contribution in [0.2, 0.25) is 0 Å². The number of H-pyrrole nitrogens is 1. The lowest BCUT2D eigenvalue weighted by molar-refractivity contribution is -0.145. The fraction of sp³-hybridized carbons (Fsp3) is 0.611. The zero-order valence-corrected chi connectivity index (χ0v) is 19.3. The van der Waals surface area contributed by atoms with Crippen LogP contribution < -0.4 is 21.5 Å². The molecular formula is C18H30N7O6P. The van der Waals surface area contributed by atoms with E-state index >= 15 is 0 Å². The highest BCUT2D eigenvalue weighted by Gasteiger charge is 2.29. The van der Waals surface area contributed by atoms with Crippen molar-refractivity contribution in [2.75, 3.05) is 25.3 Å². The molecule has 32 heavy (non-hydrogen) atoms. The lowest BCUT2D eigenvalue weighted by atomic mass is 10.3. The summed E-state index contributed by atoms with van der Waals surface area (Å²) < 4.78 is 25.6. The summed E-state index contributed by atoms with van der Waals surface area (Å²) in [5.74, 6) is -0.580. The highest BCUT2D eigenvalue weighted by atomic mass is 31.2. The smallest absolute Gasteiger partial charge is 0.323 e. The van der Waals surface area contributed by atoms with Gasteiger partial charge in [0.1, 0.15) is 18.7 Å². The van der Waals surface area contributed by atoms with Crippen LogP contribution in [0.3, 0.4) is 0 Å². The molecule has 1 unspecified atom stereocenters. The molecule has 0 spiro atoms. The van der Waals surface area contributed by atoms with E-state index in [0.29, 0.717) is 11.9 Å². The number of hydrogen-bond donors (Lipinski definition) is 4. The Morgan fingerprint density at radius 2 is 2.12 bits per heavy atom. The number of fused-ring (bicyclic) bond motifs is 1. The second kappa shape index (κ2) is 11.9. The van der Waals surface area contributed by atoms with Gasteiger partial charge >= 0.3 is 5.97 Å². The number of esters is 1. The van der Waals surface area contributed by atoms with Crippen molar-refractivity contribution in [2.24, 2.45) is 0 Å². The van der Waals surface area contributed by atoms with Gasteiger partial charge < -0.3 is 24.6 Å². The summed E-state index contributed by atoms with van der Waals surface area (Å²) in [5.41, 5.74) is 5.56. The number of anilines is 1. The van der Waals surface area contributed by atoms with Gasteiger partial charge in [-0.15, -0.1) is 0 Å². The number of nitrogens with two attached hydrogens (primary N) is 1. The molecule has 0 saturated carbocycles. The third-order valence-corrected chi connectivity index (χ3v) is 6.53. The van der Waals surface area contributed by atoms with Crippen LogP contribution in [0.15, 0.2) is 11.1 Å². The number of nitrogens with zero attached hydrogens (tertiary/aromatic N) is 3. The van der Waals surface area contributed by atoms with Gasteiger partial charge in [-0.3, -0.25) is 19.1 Å². The second-order valence-electron chi connectivity index (χ2n) is 7.26. The van der Waals surface area contributed by atoms with Crippen LogP contribution in [-0.4, -0.2) is 63.4 Å². The van der Waals surface area contributed by atoms with E-state index in [2.05, 4.69) is 25.1 Å². The number of imidazole rings is 1. The monoisotopic (exact) mass is 471 g/mol. The van der Waals surface area contributed by atoms with E-state index in [1.54, 1.807) is 4.57 Å². The number of hydrogen-bond acceptors (Lipinski definition) is 9. The van der Waals surface area contributed by atoms with Gasteiger partial charge in [-0.2, -0.15) is 4.98 Å². The van der Waals surface area contributed by atoms with E-state index in [-0.39, 0.29) is 37.6 Å². The van der Waals surface area contributed by atoms with Gasteiger partial charge in [0, 0.05) is 6.54 Å². The minimum Gasteiger partial charge on any atom is -0.465 e. The van der Waals surface area contributed by atoms with Gasteiger partial charge in [-0.25, -0.2) is 15.2 Å². The summed E-state index contributed by atoms with van der Waals surface area (Å²) in [5, 5.41) is 5.40. The van der Waals surface area contributed by atoms with E-state index < -0.39 is 31.1 Å². The van der Waals surface area contributed by atoms with Crippen LogP contribution in [0.5, 0.6) is 0 Å². The zero-order valence-electron chi connectivity index (χ0n) is 18.4. The van der Waals surface area contributed by atoms with Crippen molar-refractivity contribution < 1.29 is 23.6 Å². The molecule has 2 rings (SSSR count). The average Bonchev–Trinajstić information content (AvgIpc) is 3.14. The molecule has 0 fully saturated rings. The van der Waals surface area contributed by atoms with Crippen LogP contribution in [0.25, 0.3) is 11.2 Å². The van der Waals surface area contributed by atoms with Gasteiger partial charge in [0.25, 0.3) is 5.56 Å². The van der Waals surface area contributed by atoms with Crippen LogP contribution in [-0.2, 0) is 30.2 Å². The van der Waals surface area contributed by atoms with Crippen LogP contribution >= 0.6 is 7.44 Å². The SMILES string of the molecule is CCCCOC(=O)[C@H](C)NP(=O)(COCCn1cnc2c(=O)[nH]c(N)nc21)N[C@@H](C)C=O. The Labute approximate surface area is 184 Å². The standard InChI is InChI=1S/C18H30N7O6P/c1-4-5-7-31-17(28)13(3)24-32(29,23-12(2)9-26)11-30-8-6-25-10-20-14-15(25)21-18(19)22-16(14)27/h9-10,12-13H,4-8,11H2,1-3H3,(H2,23,24,29)(H3,19,21,22,27)/t12-,13-,32?/m0/s1. The first-order chi connectivity index (χ1) is 15.2. The average molecular weight is 471 g/mol. The molecule has 0 aliphatic heterocycles. The molecule has 14 heteroatoms. The molecule has 0 aliphatic carbocycles. The molecule has 13 nitrogen and oxygen atoms in total. The first-order valence-electron chi connectivity index (χ1n) is 10.2. The predicted octanol–water partition coefficient (Wildman–Crippen LogP) is 0.367. The largest absolute Gasteiger partial charge is 0.465 e. The molecule has 178 valence electrons. The van der Waals surface area contributed by atoms with Crippen molar-refractivity contribution in [3.63, 3.8) is 0 Å². The van der Waals surface area contributed by atoms with Crippen molar-refractivity contribution in [3.05, 3.63) is 16.7 Å². The number of aldehydes is 1. The molecule has 2 aromatic rings. The molecule has 0 amide bonds. The Bertz CT molecular complexity index is 1020. The summed E-state index contributed by atoms with van der Waals surface area (Å²) in [7, 11) is -3.48. The number of unbranched alkanes of at least 4 members (excludes halogenated alkanes) is 1. The van der Waals surface area contributed by atoms with E-state index in [9.17, 15) is 18.9 Å². The maximum Gasteiger partial charge on any atom is 0.323 e. The minimum atomic E-state index is -3.48. The van der Waals surface area contributed by atoms with Gasteiger partial charge in [-0.05, 0) is 20.3 Å². The molecule has 0 bridgehead atoms. The molecule has 5 N–H and O–H groups in total. The summed E-state index contributed by atoms with van der Waals surface area (Å²) in [6, 6.07) is -1.60. The maximum atomic E-state index is 13.3. The molecule has 0 aliphatic rings. The van der Waals surface area contributed by atoms with E-state index in [1.165, 1.54) is 20.2 Å². The molecule has 0 saturated heterocycles. The van der Waals surface area contributed by atoms with Gasteiger partial charge in [0.15, 0.2) is 11.2 Å². The fourth-order valence-electron chi connectivity index (χ4n) is 2.77. The number of carbonyl (C=O) groups is 2. The Balaban J connectivity index is 1.98. The summed E-state index contributed by atoms with van der Waals surface area (Å²) >= 11 is 0. The van der Waals surface area contributed by atoms with Crippen molar-refractivity contribution in [2.45, 2.75) is 52.2 Å². The van der Waals surface area contributed by atoms with Crippen molar-refractivity contribution in [1.29, 1.82) is 0 Å². The zero-order chi connectivity index (χ0) is 23.7. The van der Waals surface area contributed by atoms with Crippen molar-refractivity contribution >= 4 is 36.8 Å². The predicted molar refractivity (Wildman–Crippen MR) is 118 cm³/mol. The quantitative estimate of drug-likeness (QED) is 0.129. The number of rotatable bonds is 14. The van der Waals surface area contributed by atoms with Crippen molar-refractivity contribution in [1.82, 2.24) is 29.7 Å². The number of ether oxygens (including phenoxy) is 2. The summed E-state index contributed by atoms with van der Waals surface area (Å²) in [6.45, 7) is 5.67. The minimum absolute atomic E-state index is 0.0364. The van der Waals surface area contributed by atoms with Crippen molar-refractivity contribution in [3.8, 4) is 0 Å². The van der Waals surface area contributed by atoms with Crippen LogP contribution in [0.4, 0.5) is 5.95 Å². The number of carbonyl (C=O) groups excluding carboxylic acids is 2. The van der Waals surface area contributed by atoms with Gasteiger partial charge in [0.05, 0.1) is 25.6 Å². The third-order valence-electron chi connectivity index (χ3n) is 4.36.